The lowest BCUT2D eigenvalue weighted by Crippen LogP contribution is -2.52. The van der Waals surface area contributed by atoms with Crippen LogP contribution in [0.4, 0.5) is 4.79 Å². The molecule has 0 spiro atoms. The Kier molecular flexibility index (Phi) is 4.08. The standard InChI is InChI=1S/C16H25N3O4/c1-15(2,3)22-14(20)19-8-4-7-16(21,10-19)9-12-17-13(18-23-12)11-5-6-11/h11,21H,4-10H2,1-3H3/t16-/m1/s1. The number of rotatable bonds is 3. The van der Waals surface area contributed by atoms with Gasteiger partial charge in [0.1, 0.15) is 5.60 Å². The van der Waals surface area contributed by atoms with Crippen LogP contribution in [-0.4, -0.2) is 50.5 Å². The van der Waals surface area contributed by atoms with Crippen molar-refractivity contribution in [2.45, 2.75) is 70.0 Å². The zero-order valence-electron chi connectivity index (χ0n) is 14.0. The van der Waals surface area contributed by atoms with Crippen LogP contribution in [-0.2, 0) is 11.2 Å². The number of piperidine rings is 1. The van der Waals surface area contributed by atoms with Crippen molar-refractivity contribution < 1.29 is 19.2 Å². The van der Waals surface area contributed by atoms with E-state index in [-0.39, 0.29) is 19.1 Å². The van der Waals surface area contributed by atoms with Gasteiger partial charge in [0.25, 0.3) is 0 Å². The SMILES string of the molecule is CC(C)(C)OC(=O)N1CCC[C@@](O)(Cc2nc(C3CC3)no2)C1. The molecule has 7 nitrogen and oxygen atoms in total. The van der Waals surface area contributed by atoms with Gasteiger partial charge in [0.05, 0.1) is 18.6 Å². The minimum absolute atomic E-state index is 0.225. The van der Waals surface area contributed by atoms with Gasteiger partial charge in [0.2, 0.25) is 5.89 Å². The molecule has 0 aromatic carbocycles. The highest BCUT2D eigenvalue weighted by Gasteiger charge is 2.39. The second-order valence-corrected chi connectivity index (χ2v) is 7.73. The van der Waals surface area contributed by atoms with Gasteiger partial charge in [-0.25, -0.2) is 4.79 Å². The molecule has 0 bridgehead atoms. The molecule has 1 aliphatic carbocycles. The molecule has 1 saturated carbocycles. The third-order valence-electron chi connectivity index (χ3n) is 4.11. The quantitative estimate of drug-likeness (QED) is 0.918. The molecule has 0 unspecified atom stereocenters. The first-order valence-corrected chi connectivity index (χ1v) is 8.27. The molecular weight excluding hydrogens is 298 g/mol. The van der Waals surface area contributed by atoms with Gasteiger partial charge < -0.3 is 19.3 Å². The Morgan fingerprint density at radius 2 is 2.22 bits per heavy atom. The minimum Gasteiger partial charge on any atom is -0.444 e. The van der Waals surface area contributed by atoms with E-state index in [1.54, 1.807) is 4.90 Å². The molecule has 2 fully saturated rings. The molecule has 1 N–H and O–H groups in total. The zero-order valence-corrected chi connectivity index (χ0v) is 14.0. The molecule has 3 rings (SSSR count). The van der Waals surface area contributed by atoms with Crippen LogP contribution in [0.2, 0.25) is 0 Å². The summed E-state index contributed by atoms with van der Waals surface area (Å²) < 4.78 is 10.6. The summed E-state index contributed by atoms with van der Waals surface area (Å²) in [7, 11) is 0. The normalized spacial score (nSPS) is 25.5. The van der Waals surface area contributed by atoms with Gasteiger partial charge in [-0.05, 0) is 46.5 Å². The fraction of sp³-hybridized carbons (Fsp3) is 0.812. The van der Waals surface area contributed by atoms with E-state index in [4.69, 9.17) is 9.26 Å². The maximum atomic E-state index is 12.2. The summed E-state index contributed by atoms with van der Waals surface area (Å²) in [6.07, 6.45) is 3.42. The first-order valence-electron chi connectivity index (χ1n) is 8.27. The smallest absolute Gasteiger partial charge is 0.410 e. The minimum atomic E-state index is -1.04. The third kappa shape index (κ3) is 4.22. The topological polar surface area (TPSA) is 88.7 Å². The molecule has 0 radical (unpaired) electrons. The van der Waals surface area contributed by atoms with Crippen molar-refractivity contribution in [2.75, 3.05) is 13.1 Å². The Morgan fingerprint density at radius 3 is 2.87 bits per heavy atom. The van der Waals surface area contributed by atoms with Crippen molar-refractivity contribution in [2.24, 2.45) is 0 Å². The highest BCUT2D eigenvalue weighted by atomic mass is 16.6. The summed E-state index contributed by atoms with van der Waals surface area (Å²) in [4.78, 5) is 18.1. The summed E-state index contributed by atoms with van der Waals surface area (Å²) >= 11 is 0. The lowest BCUT2D eigenvalue weighted by Gasteiger charge is -2.38. The number of carbonyl (C=O) groups is 1. The van der Waals surface area contributed by atoms with Crippen LogP contribution in [0, 0.1) is 0 Å². The Bertz CT molecular complexity index is 576. The van der Waals surface area contributed by atoms with E-state index in [2.05, 4.69) is 10.1 Å². The van der Waals surface area contributed by atoms with E-state index in [0.717, 1.165) is 25.1 Å². The van der Waals surface area contributed by atoms with E-state index >= 15 is 0 Å². The molecule has 2 heterocycles. The molecular formula is C16H25N3O4. The number of aromatic nitrogens is 2. The number of nitrogens with zero attached hydrogens (tertiary/aromatic N) is 3. The molecule has 2 aliphatic rings. The van der Waals surface area contributed by atoms with Crippen LogP contribution in [0.25, 0.3) is 0 Å². The summed E-state index contributed by atoms with van der Waals surface area (Å²) in [6, 6.07) is 0. The third-order valence-corrected chi connectivity index (χ3v) is 4.11. The van der Waals surface area contributed by atoms with Gasteiger partial charge in [-0.1, -0.05) is 5.16 Å². The number of amides is 1. The van der Waals surface area contributed by atoms with Crippen molar-refractivity contribution in [3.8, 4) is 0 Å². The molecule has 1 aromatic heterocycles. The fourth-order valence-corrected chi connectivity index (χ4v) is 2.87. The Balaban J connectivity index is 1.62. The molecule has 1 aromatic rings. The number of hydrogen-bond donors (Lipinski definition) is 1. The Labute approximate surface area is 136 Å². The molecule has 128 valence electrons. The highest BCUT2D eigenvalue weighted by molar-refractivity contribution is 5.68. The second kappa shape index (κ2) is 5.78. The van der Waals surface area contributed by atoms with Gasteiger partial charge in [0.15, 0.2) is 5.82 Å². The van der Waals surface area contributed by atoms with Crippen LogP contribution in [0.3, 0.4) is 0 Å². The maximum Gasteiger partial charge on any atom is 0.410 e. The number of aliphatic hydroxyl groups is 1. The number of hydrogen-bond acceptors (Lipinski definition) is 6. The predicted molar refractivity (Wildman–Crippen MR) is 82.0 cm³/mol. The number of carbonyl (C=O) groups excluding carboxylic acids is 1. The van der Waals surface area contributed by atoms with Crippen LogP contribution in [0.5, 0.6) is 0 Å². The number of ether oxygens (including phenoxy) is 1. The summed E-state index contributed by atoms with van der Waals surface area (Å²) in [5.74, 6) is 1.61. The maximum absolute atomic E-state index is 12.2. The van der Waals surface area contributed by atoms with Gasteiger partial charge in [0, 0.05) is 12.5 Å². The largest absolute Gasteiger partial charge is 0.444 e. The van der Waals surface area contributed by atoms with Crippen molar-refractivity contribution in [1.82, 2.24) is 15.0 Å². The molecule has 7 heteroatoms. The van der Waals surface area contributed by atoms with E-state index in [1.807, 2.05) is 20.8 Å². The first kappa shape index (κ1) is 16.2. The van der Waals surface area contributed by atoms with Crippen LogP contribution in [0.1, 0.15) is 64.1 Å². The number of β-amino-alcohol motifs (C(OH)–C–C–N with tert-alkyl or cyclic N) is 1. The van der Waals surface area contributed by atoms with Crippen molar-refractivity contribution in [3.05, 3.63) is 11.7 Å². The molecule has 1 aliphatic heterocycles. The zero-order chi connectivity index (χ0) is 16.7. The van der Waals surface area contributed by atoms with Crippen molar-refractivity contribution in [3.63, 3.8) is 0 Å². The van der Waals surface area contributed by atoms with Gasteiger partial charge in [-0.15, -0.1) is 0 Å². The molecule has 23 heavy (non-hydrogen) atoms. The Hall–Kier alpha value is -1.63. The first-order chi connectivity index (χ1) is 10.7. The molecule has 1 atom stereocenters. The van der Waals surface area contributed by atoms with Gasteiger partial charge in [-0.2, -0.15) is 4.98 Å². The number of likely N-dealkylation sites (tertiary alicyclic amines) is 1. The molecule has 1 saturated heterocycles. The van der Waals surface area contributed by atoms with E-state index < -0.39 is 11.2 Å². The van der Waals surface area contributed by atoms with Crippen LogP contribution < -0.4 is 0 Å². The van der Waals surface area contributed by atoms with E-state index in [1.165, 1.54) is 0 Å². The monoisotopic (exact) mass is 323 g/mol. The average molecular weight is 323 g/mol. The predicted octanol–water partition coefficient (Wildman–Crippen LogP) is 2.25. The van der Waals surface area contributed by atoms with Gasteiger partial charge >= 0.3 is 6.09 Å². The second-order valence-electron chi connectivity index (χ2n) is 7.73. The summed E-state index contributed by atoms with van der Waals surface area (Å²) in [6.45, 7) is 6.31. The summed E-state index contributed by atoms with van der Waals surface area (Å²) in [5, 5.41) is 14.8. The highest BCUT2D eigenvalue weighted by Crippen LogP contribution is 2.38. The summed E-state index contributed by atoms with van der Waals surface area (Å²) in [5.41, 5.74) is -1.58. The van der Waals surface area contributed by atoms with Crippen LogP contribution in [0.15, 0.2) is 4.52 Å². The lowest BCUT2D eigenvalue weighted by atomic mass is 9.90. The lowest BCUT2D eigenvalue weighted by molar-refractivity contribution is -0.0458. The Morgan fingerprint density at radius 1 is 1.48 bits per heavy atom. The molecule has 1 amide bonds. The average Bonchev–Trinajstić information content (AvgIpc) is 3.18. The van der Waals surface area contributed by atoms with E-state index in [9.17, 15) is 9.90 Å². The van der Waals surface area contributed by atoms with E-state index in [0.29, 0.717) is 24.8 Å². The van der Waals surface area contributed by atoms with Crippen molar-refractivity contribution >= 4 is 6.09 Å². The van der Waals surface area contributed by atoms with Gasteiger partial charge in [-0.3, -0.25) is 0 Å². The van der Waals surface area contributed by atoms with Crippen molar-refractivity contribution in [1.29, 1.82) is 0 Å². The fourth-order valence-electron chi connectivity index (χ4n) is 2.87. The van der Waals surface area contributed by atoms with Crippen LogP contribution >= 0.6 is 0 Å².